The molecular formula is C21H26N4O. The number of rotatable bonds is 4. The maximum atomic E-state index is 12.9. The van der Waals surface area contributed by atoms with Crippen molar-refractivity contribution >= 4 is 17.2 Å². The van der Waals surface area contributed by atoms with E-state index < -0.39 is 0 Å². The topological polar surface area (TPSA) is 49.6 Å². The van der Waals surface area contributed by atoms with E-state index in [4.69, 9.17) is 0 Å². The molecule has 26 heavy (non-hydrogen) atoms. The number of amides is 1. The lowest BCUT2D eigenvalue weighted by atomic mass is 9.87. The van der Waals surface area contributed by atoms with Gasteiger partial charge in [-0.05, 0) is 49.3 Å². The minimum Gasteiger partial charge on any atom is -0.321 e. The van der Waals surface area contributed by atoms with Gasteiger partial charge in [0.05, 0.1) is 5.69 Å². The highest BCUT2D eigenvalue weighted by Crippen LogP contribution is 2.24. The summed E-state index contributed by atoms with van der Waals surface area (Å²) in [6, 6.07) is 13.8. The number of carbonyl (C=O) groups excluding carboxylic acids is 1. The lowest BCUT2D eigenvalue weighted by molar-refractivity contribution is 0.102. The Labute approximate surface area is 154 Å². The third kappa shape index (κ3) is 3.78. The van der Waals surface area contributed by atoms with Gasteiger partial charge in [-0.2, -0.15) is 0 Å². The van der Waals surface area contributed by atoms with E-state index in [1.54, 1.807) is 0 Å². The Morgan fingerprint density at radius 1 is 1.12 bits per heavy atom. The zero-order valence-corrected chi connectivity index (χ0v) is 16.1. The summed E-state index contributed by atoms with van der Waals surface area (Å²) in [5.74, 6) is -0.186. The second-order valence-electron chi connectivity index (χ2n) is 7.86. The highest BCUT2D eigenvalue weighted by Gasteiger charge is 2.20. The third-order valence-electron chi connectivity index (χ3n) is 4.32. The van der Waals surface area contributed by atoms with Gasteiger partial charge in [-0.15, -0.1) is 0 Å². The van der Waals surface area contributed by atoms with E-state index >= 15 is 0 Å². The number of hydrogen-bond acceptors (Lipinski definition) is 3. The van der Waals surface area contributed by atoms with Crippen LogP contribution in [0.4, 0.5) is 5.69 Å². The molecule has 5 nitrogen and oxygen atoms in total. The fourth-order valence-corrected chi connectivity index (χ4v) is 2.92. The third-order valence-corrected chi connectivity index (χ3v) is 4.32. The molecule has 0 atom stereocenters. The largest absolute Gasteiger partial charge is 0.321 e. The summed E-state index contributed by atoms with van der Waals surface area (Å²) in [5, 5.41) is 2.98. The molecule has 1 amide bonds. The molecule has 136 valence electrons. The molecule has 0 bridgehead atoms. The lowest BCUT2D eigenvalue weighted by Crippen LogP contribution is -2.19. The van der Waals surface area contributed by atoms with Gasteiger partial charge in [0.1, 0.15) is 5.65 Å². The van der Waals surface area contributed by atoms with Gasteiger partial charge in [-0.25, -0.2) is 4.98 Å². The molecule has 5 heteroatoms. The SMILES string of the molecule is CN(C)Cc1c(C(=O)Nc2ccc(C(C)(C)C)cc2)nc2ccccn12. The van der Waals surface area contributed by atoms with Gasteiger partial charge in [0.15, 0.2) is 5.69 Å². The average Bonchev–Trinajstić information content (AvgIpc) is 2.93. The Bertz CT molecular complexity index is 917. The summed E-state index contributed by atoms with van der Waals surface area (Å²) in [6.45, 7) is 7.15. The zero-order valence-electron chi connectivity index (χ0n) is 16.1. The van der Waals surface area contributed by atoms with Crippen molar-refractivity contribution in [2.24, 2.45) is 0 Å². The molecule has 1 aromatic carbocycles. The van der Waals surface area contributed by atoms with Crippen LogP contribution in [0.25, 0.3) is 5.65 Å². The molecule has 0 aliphatic carbocycles. The Balaban J connectivity index is 1.90. The number of fused-ring (bicyclic) bond motifs is 1. The number of carbonyl (C=O) groups is 1. The Kier molecular flexibility index (Phi) is 4.83. The first kappa shape index (κ1) is 18.1. The van der Waals surface area contributed by atoms with Gasteiger partial charge in [0, 0.05) is 18.4 Å². The second kappa shape index (κ2) is 6.92. The average molecular weight is 350 g/mol. The molecule has 0 radical (unpaired) electrons. The molecule has 0 aliphatic heterocycles. The molecule has 0 aliphatic rings. The van der Waals surface area contributed by atoms with Gasteiger partial charge in [-0.1, -0.05) is 39.0 Å². The first-order chi connectivity index (χ1) is 12.3. The van der Waals surface area contributed by atoms with Crippen molar-refractivity contribution < 1.29 is 4.79 Å². The predicted molar refractivity (Wildman–Crippen MR) is 106 cm³/mol. The van der Waals surface area contributed by atoms with Crippen LogP contribution in [0.15, 0.2) is 48.7 Å². The summed E-state index contributed by atoms with van der Waals surface area (Å²) >= 11 is 0. The van der Waals surface area contributed by atoms with Gasteiger partial charge >= 0.3 is 0 Å². The van der Waals surface area contributed by atoms with Crippen molar-refractivity contribution in [3.05, 3.63) is 65.6 Å². The lowest BCUT2D eigenvalue weighted by Gasteiger charge is -2.19. The van der Waals surface area contributed by atoms with Gasteiger partial charge in [0.25, 0.3) is 5.91 Å². The standard InChI is InChI=1S/C21H26N4O/c1-21(2,3)15-9-11-16(12-10-15)22-20(26)19-17(14-24(4)5)25-13-7-6-8-18(25)23-19/h6-13H,14H2,1-5H3,(H,22,26). The molecule has 2 heterocycles. The Hall–Kier alpha value is -2.66. The fraction of sp³-hybridized carbons (Fsp3) is 0.333. The van der Waals surface area contributed by atoms with E-state index in [9.17, 15) is 4.79 Å². The quantitative estimate of drug-likeness (QED) is 0.775. The molecule has 0 unspecified atom stereocenters. The number of anilines is 1. The first-order valence-corrected chi connectivity index (χ1v) is 8.78. The number of benzene rings is 1. The smallest absolute Gasteiger partial charge is 0.276 e. The molecule has 0 saturated carbocycles. The second-order valence-corrected chi connectivity index (χ2v) is 7.86. The normalized spacial score (nSPS) is 11.9. The van der Waals surface area contributed by atoms with E-state index in [1.165, 1.54) is 5.56 Å². The molecular weight excluding hydrogens is 324 g/mol. The summed E-state index contributed by atoms with van der Waals surface area (Å²) in [7, 11) is 3.96. The summed E-state index contributed by atoms with van der Waals surface area (Å²) in [4.78, 5) is 19.4. The van der Waals surface area contributed by atoms with Crippen molar-refractivity contribution in [2.45, 2.75) is 32.7 Å². The summed E-state index contributed by atoms with van der Waals surface area (Å²) in [6.07, 6.45) is 1.94. The summed E-state index contributed by atoms with van der Waals surface area (Å²) in [5.41, 5.74) is 4.22. The van der Waals surface area contributed by atoms with Crippen LogP contribution in [0, 0.1) is 0 Å². The van der Waals surface area contributed by atoms with Gasteiger partial charge in [-0.3, -0.25) is 4.79 Å². The number of hydrogen-bond donors (Lipinski definition) is 1. The Morgan fingerprint density at radius 2 is 1.81 bits per heavy atom. The Morgan fingerprint density at radius 3 is 2.42 bits per heavy atom. The van der Waals surface area contributed by atoms with Gasteiger partial charge < -0.3 is 14.6 Å². The molecule has 0 saturated heterocycles. The monoisotopic (exact) mass is 350 g/mol. The van der Waals surface area contributed by atoms with E-state index in [1.807, 2.05) is 59.9 Å². The molecule has 0 fully saturated rings. The number of aromatic nitrogens is 2. The van der Waals surface area contributed by atoms with Crippen LogP contribution in [-0.2, 0) is 12.0 Å². The maximum absolute atomic E-state index is 12.9. The molecule has 0 spiro atoms. The van der Waals surface area contributed by atoms with Crippen LogP contribution in [0.2, 0.25) is 0 Å². The van der Waals surface area contributed by atoms with E-state index in [0.717, 1.165) is 17.0 Å². The zero-order chi connectivity index (χ0) is 18.9. The highest BCUT2D eigenvalue weighted by molar-refractivity contribution is 6.04. The van der Waals surface area contributed by atoms with Crippen molar-refractivity contribution in [2.75, 3.05) is 19.4 Å². The highest BCUT2D eigenvalue weighted by atomic mass is 16.1. The molecule has 3 rings (SSSR count). The summed E-state index contributed by atoms with van der Waals surface area (Å²) < 4.78 is 1.97. The van der Waals surface area contributed by atoms with Crippen LogP contribution in [0.5, 0.6) is 0 Å². The van der Waals surface area contributed by atoms with Crippen LogP contribution in [0.3, 0.4) is 0 Å². The van der Waals surface area contributed by atoms with E-state index in [0.29, 0.717) is 12.2 Å². The first-order valence-electron chi connectivity index (χ1n) is 8.78. The number of nitrogens with one attached hydrogen (secondary N) is 1. The maximum Gasteiger partial charge on any atom is 0.276 e. The van der Waals surface area contributed by atoms with E-state index in [2.05, 4.69) is 43.2 Å². The molecule has 3 aromatic rings. The van der Waals surface area contributed by atoms with E-state index in [-0.39, 0.29) is 11.3 Å². The van der Waals surface area contributed by atoms with Crippen molar-refractivity contribution in [1.82, 2.24) is 14.3 Å². The number of nitrogens with zero attached hydrogens (tertiary/aromatic N) is 3. The number of imidazole rings is 1. The minimum absolute atomic E-state index is 0.0863. The minimum atomic E-state index is -0.186. The van der Waals surface area contributed by atoms with Crippen LogP contribution < -0.4 is 5.32 Å². The van der Waals surface area contributed by atoms with Crippen molar-refractivity contribution in [3.63, 3.8) is 0 Å². The number of pyridine rings is 1. The fourth-order valence-electron chi connectivity index (χ4n) is 2.92. The predicted octanol–water partition coefficient (Wildman–Crippen LogP) is 3.95. The molecule has 1 N–H and O–H groups in total. The van der Waals surface area contributed by atoms with Crippen molar-refractivity contribution in [3.8, 4) is 0 Å². The van der Waals surface area contributed by atoms with Crippen LogP contribution in [0.1, 0.15) is 42.5 Å². The van der Waals surface area contributed by atoms with Gasteiger partial charge in [0.2, 0.25) is 0 Å². The van der Waals surface area contributed by atoms with Crippen molar-refractivity contribution in [1.29, 1.82) is 0 Å². The van der Waals surface area contributed by atoms with Crippen LogP contribution in [-0.4, -0.2) is 34.3 Å². The van der Waals surface area contributed by atoms with Crippen LogP contribution >= 0.6 is 0 Å². The molecule has 2 aromatic heterocycles.